The summed E-state index contributed by atoms with van der Waals surface area (Å²) in [5.74, 6) is 0.119. The maximum atomic E-state index is 11.4. The van der Waals surface area contributed by atoms with E-state index in [4.69, 9.17) is 5.26 Å². The molecular formula is C14H17NO2S2. The van der Waals surface area contributed by atoms with Gasteiger partial charge in [0.2, 0.25) is 0 Å². The molecule has 2 rings (SSSR count). The Hall–Kier alpha value is -0.990. The molecule has 1 aromatic carbocycles. The van der Waals surface area contributed by atoms with Crippen molar-refractivity contribution in [1.29, 1.82) is 5.26 Å². The Morgan fingerprint density at radius 2 is 1.84 bits per heavy atom. The van der Waals surface area contributed by atoms with Crippen molar-refractivity contribution in [2.75, 3.05) is 6.26 Å². The highest BCUT2D eigenvalue weighted by atomic mass is 32.2. The molecule has 0 N–H and O–H groups in total. The molecule has 102 valence electrons. The Kier molecular flexibility index (Phi) is 4.54. The van der Waals surface area contributed by atoms with Crippen LogP contribution in [0, 0.1) is 17.2 Å². The summed E-state index contributed by atoms with van der Waals surface area (Å²) in [7, 11) is -3.13. The number of nitrogens with zero attached hydrogens (tertiary/aromatic N) is 1. The molecule has 19 heavy (non-hydrogen) atoms. The van der Waals surface area contributed by atoms with Gasteiger partial charge in [0.15, 0.2) is 9.84 Å². The quantitative estimate of drug-likeness (QED) is 0.858. The predicted octanol–water partition coefficient (Wildman–Crippen LogP) is 3.26. The van der Waals surface area contributed by atoms with Gasteiger partial charge in [-0.2, -0.15) is 5.26 Å². The Morgan fingerprint density at radius 3 is 2.42 bits per heavy atom. The molecule has 2 unspecified atom stereocenters. The van der Waals surface area contributed by atoms with E-state index in [1.807, 2.05) is 12.1 Å². The Labute approximate surface area is 118 Å². The smallest absolute Gasteiger partial charge is 0.175 e. The minimum Gasteiger partial charge on any atom is -0.224 e. The van der Waals surface area contributed by atoms with Gasteiger partial charge in [0.05, 0.1) is 16.9 Å². The van der Waals surface area contributed by atoms with Crippen LogP contribution in [-0.4, -0.2) is 19.9 Å². The van der Waals surface area contributed by atoms with Gasteiger partial charge in [0.1, 0.15) is 0 Å². The summed E-state index contributed by atoms with van der Waals surface area (Å²) >= 11 is 1.70. The number of nitriles is 1. The number of benzene rings is 1. The Balaban J connectivity index is 2.09. The van der Waals surface area contributed by atoms with Crippen LogP contribution in [0.25, 0.3) is 0 Å². The van der Waals surface area contributed by atoms with Crippen molar-refractivity contribution < 1.29 is 8.42 Å². The zero-order valence-corrected chi connectivity index (χ0v) is 12.5. The van der Waals surface area contributed by atoms with E-state index in [2.05, 4.69) is 6.07 Å². The van der Waals surface area contributed by atoms with E-state index >= 15 is 0 Å². The lowest BCUT2D eigenvalue weighted by molar-refractivity contribution is 0.439. The maximum Gasteiger partial charge on any atom is 0.175 e. The molecule has 1 saturated carbocycles. The monoisotopic (exact) mass is 295 g/mol. The van der Waals surface area contributed by atoms with Crippen molar-refractivity contribution in [3.8, 4) is 6.07 Å². The third kappa shape index (κ3) is 3.74. The number of sulfone groups is 1. The van der Waals surface area contributed by atoms with Crippen molar-refractivity contribution in [3.63, 3.8) is 0 Å². The highest BCUT2D eigenvalue weighted by Crippen LogP contribution is 2.37. The molecule has 3 nitrogen and oxygen atoms in total. The fraction of sp³-hybridized carbons (Fsp3) is 0.500. The molecule has 5 heteroatoms. The van der Waals surface area contributed by atoms with Gasteiger partial charge in [0, 0.05) is 16.4 Å². The molecule has 0 aliphatic heterocycles. The first-order chi connectivity index (χ1) is 9.00. The van der Waals surface area contributed by atoms with Gasteiger partial charge in [-0.05, 0) is 37.1 Å². The summed E-state index contributed by atoms with van der Waals surface area (Å²) in [5, 5.41) is 9.48. The molecule has 2 atom stereocenters. The molecule has 0 spiro atoms. The van der Waals surface area contributed by atoms with Crippen LogP contribution in [0.4, 0.5) is 0 Å². The van der Waals surface area contributed by atoms with Crippen LogP contribution in [-0.2, 0) is 9.84 Å². The van der Waals surface area contributed by atoms with E-state index in [0.717, 1.165) is 24.2 Å². The van der Waals surface area contributed by atoms with Gasteiger partial charge in [-0.1, -0.05) is 12.8 Å². The van der Waals surface area contributed by atoms with Crippen LogP contribution in [0.3, 0.4) is 0 Å². The Bertz CT molecular complexity index is 572. The minimum atomic E-state index is -3.13. The first-order valence-electron chi connectivity index (χ1n) is 6.37. The fourth-order valence-corrected chi connectivity index (χ4v) is 4.24. The molecule has 0 amide bonds. The van der Waals surface area contributed by atoms with Crippen LogP contribution in [0.2, 0.25) is 0 Å². The van der Waals surface area contributed by atoms with Crippen LogP contribution in [0.5, 0.6) is 0 Å². The van der Waals surface area contributed by atoms with Crippen molar-refractivity contribution >= 4 is 21.6 Å². The standard InChI is InChI=1S/C14H17NO2S2/c1-19(16,17)13-8-6-12(7-9-13)18-14-5-3-2-4-11(14)10-15/h6-9,11,14H,2-5H2,1H3. The zero-order valence-electron chi connectivity index (χ0n) is 10.9. The molecule has 1 fully saturated rings. The van der Waals surface area contributed by atoms with E-state index in [9.17, 15) is 8.42 Å². The van der Waals surface area contributed by atoms with E-state index in [1.165, 1.54) is 12.7 Å². The average Bonchev–Trinajstić information content (AvgIpc) is 2.39. The van der Waals surface area contributed by atoms with Crippen molar-refractivity contribution in [1.82, 2.24) is 0 Å². The average molecular weight is 295 g/mol. The summed E-state index contributed by atoms with van der Waals surface area (Å²) in [4.78, 5) is 1.39. The van der Waals surface area contributed by atoms with Gasteiger partial charge in [-0.25, -0.2) is 8.42 Å². The van der Waals surface area contributed by atoms with Gasteiger partial charge in [-0.3, -0.25) is 0 Å². The predicted molar refractivity (Wildman–Crippen MR) is 76.8 cm³/mol. The number of thioether (sulfide) groups is 1. The minimum absolute atomic E-state index is 0.119. The highest BCUT2D eigenvalue weighted by Gasteiger charge is 2.25. The summed E-state index contributed by atoms with van der Waals surface area (Å²) in [6.07, 6.45) is 5.58. The second-order valence-electron chi connectivity index (χ2n) is 4.92. The third-order valence-electron chi connectivity index (χ3n) is 3.41. The first kappa shape index (κ1) is 14.4. The molecule has 1 aliphatic carbocycles. The topological polar surface area (TPSA) is 57.9 Å². The highest BCUT2D eigenvalue weighted by molar-refractivity contribution is 8.00. The summed E-state index contributed by atoms with van der Waals surface area (Å²) in [5.41, 5.74) is 0. The lowest BCUT2D eigenvalue weighted by Gasteiger charge is -2.26. The molecule has 0 saturated heterocycles. The molecule has 0 heterocycles. The van der Waals surface area contributed by atoms with Crippen LogP contribution in [0.15, 0.2) is 34.1 Å². The van der Waals surface area contributed by atoms with Crippen molar-refractivity contribution in [3.05, 3.63) is 24.3 Å². The number of hydrogen-bond donors (Lipinski definition) is 0. The molecular weight excluding hydrogens is 278 g/mol. The van der Waals surface area contributed by atoms with Gasteiger partial charge < -0.3 is 0 Å². The first-order valence-corrected chi connectivity index (χ1v) is 9.14. The molecule has 1 aliphatic rings. The maximum absolute atomic E-state index is 11.4. The molecule has 1 aromatic rings. The van der Waals surface area contributed by atoms with Gasteiger partial charge in [0.25, 0.3) is 0 Å². The summed E-state index contributed by atoms with van der Waals surface area (Å²) < 4.78 is 22.8. The lowest BCUT2D eigenvalue weighted by Crippen LogP contribution is -2.20. The van der Waals surface area contributed by atoms with E-state index in [-0.39, 0.29) is 5.92 Å². The molecule has 0 bridgehead atoms. The Morgan fingerprint density at radius 1 is 1.21 bits per heavy atom. The number of hydrogen-bond acceptors (Lipinski definition) is 4. The summed E-state index contributed by atoms with van der Waals surface area (Å²) in [6.45, 7) is 0. The van der Waals surface area contributed by atoms with Crippen LogP contribution in [0.1, 0.15) is 25.7 Å². The molecule has 0 radical (unpaired) electrons. The zero-order chi connectivity index (χ0) is 13.9. The van der Waals surface area contributed by atoms with E-state index < -0.39 is 9.84 Å². The normalized spacial score (nSPS) is 23.8. The molecule has 0 aromatic heterocycles. The van der Waals surface area contributed by atoms with Gasteiger partial charge >= 0.3 is 0 Å². The van der Waals surface area contributed by atoms with E-state index in [1.54, 1.807) is 23.9 Å². The SMILES string of the molecule is CS(=O)(=O)c1ccc(SC2CCCCC2C#N)cc1. The largest absolute Gasteiger partial charge is 0.224 e. The number of rotatable bonds is 3. The van der Waals surface area contributed by atoms with E-state index in [0.29, 0.717) is 10.1 Å². The van der Waals surface area contributed by atoms with Gasteiger partial charge in [-0.15, -0.1) is 11.8 Å². The van der Waals surface area contributed by atoms with Crippen molar-refractivity contribution in [2.24, 2.45) is 5.92 Å². The lowest BCUT2D eigenvalue weighted by atomic mass is 9.90. The fourth-order valence-electron chi connectivity index (χ4n) is 2.33. The van der Waals surface area contributed by atoms with Crippen LogP contribution >= 0.6 is 11.8 Å². The summed E-state index contributed by atoms with van der Waals surface area (Å²) in [6, 6.07) is 9.35. The second kappa shape index (κ2) is 5.98. The second-order valence-corrected chi connectivity index (χ2v) is 8.25. The van der Waals surface area contributed by atoms with Crippen molar-refractivity contribution in [2.45, 2.75) is 40.7 Å². The van der Waals surface area contributed by atoms with Crippen LogP contribution < -0.4 is 0 Å². The third-order valence-corrected chi connectivity index (χ3v) is 5.95.